The standard InChI is InChI=1S/C10H16N2O3S2/c1-10(2-3-15-7-10)12-17(13,14)9-4-8(5-11)6-16-9/h4,6,12H,2-3,5,7,11H2,1H3. The van der Waals surface area contributed by atoms with Gasteiger partial charge in [0.15, 0.2) is 0 Å². The lowest BCUT2D eigenvalue weighted by molar-refractivity contribution is 0.178. The highest BCUT2D eigenvalue weighted by Gasteiger charge is 2.35. The molecule has 96 valence electrons. The maximum absolute atomic E-state index is 12.1. The van der Waals surface area contributed by atoms with Gasteiger partial charge in [0.25, 0.3) is 10.0 Å². The maximum atomic E-state index is 12.1. The molecule has 1 fully saturated rings. The Bertz CT molecular complexity index is 489. The SMILES string of the molecule is CC1(NS(=O)(=O)c2cc(CN)cs2)CCOC1. The lowest BCUT2D eigenvalue weighted by Crippen LogP contribution is -2.46. The van der Waals surface area contributed by atoms with Gasteiger partial charge in [-0.2, -0.15) is 0 Å². The first-order chi connectivity index (χ1) is 7.95. The third-order valence-corrected chi connectivity index (χ3v) is 5.86. The number of nitrogens with one attached hydrogen (secondary N) is 1. The van der Waals surface area contributed by atoms with E-state index in [1.165, 1.54) is 11.3 Å². The molecule has 7 heteroatoms. The number of nitrogens with two attached hydrogens (primary N) is 1. The first-order valence-electron chi connectivity index (χ1n) is 5.34. The quantitative estimate of drug-likeness (QED) is 0.846. The second-order valence-electron chi connectivity index (χ2n) is 4.45. The molecule has 2 rings (SSSR count). The summed E-state index contributed by atoms with van der Waals surface area (Å²) in [6.07, 6.45) is 0.696. The zero-order valence-electron chi connectivity index (χ0n) is 9.60. The number of ether oxygens (including phenoxy) is 1. The zero-order chi connectivity index (χ0) is 12.5. The Morgan fingerprint density at radius 2 is 2.41 bits per heavy atom. The highest BCUT2D eigenvalue weighted by atomic mass is 32.2. The highest BCUT2D eigenvalue weighted by Crippen LogP contribution is 2.24. The molecule has 1 aliphatic heterocycles. The fraction of sp³-hybridized carbons (Fsp3) is 0.600. The van der Waals surface area contributed by atoms with E-state index in [9.17, 15) is 8.42 Å². The van der Waals surface area contributed by atoms with Crippen molar-refractivity contribution in [3.05, 3.63) is 17.0 Å². The third-order valence-electron chi connectivity index (χ3n) is 2.73. The molecule has 1 unspecified atom stereocenters. The number of hydrogen-bond acceptors (Lipinski definition) is 5. The van der Waals surface area contributed by atoms with Gasteiger partial charge in [-0.25, -0.2) is 13.1 Å². The van der Waals surface area contributed by atoms with Crippen LogP contribution in [0.4, 0.5) is 0 Å². The fourth-order valence-electron chi connectivity index (χ4n) is 1.72. The van der Waals surface area contributed by atoms with Gasteiger partial charge in [0.1, 0.15) is 4.21 Å². The van der Waals surface area contributed by atoms with Crippen LogP contribution in [0.25, 0.3) is 0 Å². The van der Waals surface area contributed by atoms with Crippen LogP contribution in [-0.2, 0) is 21.3 Å². The summed E-state index contributed by atoms with van der Waals surface area (Å²) in [5.41, 5.74) is 5.81. The molecule has 1 aromatic heterocycles. The maximum Gasteiger partial charge on any atom is 0.250 e. The van der Waals surface area contributed by atoms with Crippen molar-refractivity contribution in [1.82, 2.24) is 4.72 Å². The van der Waals surface area contributed by atoms with E-state index < -0.39 is 15.6 Å². The van der Waals surface area contributed by atoms with Crippen molar-refractivity contribution in [2.24, 2.45) is 5.73 Å². The van der Waals surface area contributed by atoms with Crippen LogP contribution < -0.4 is 10.5 Å². The Labute approximate surface area is 105 Å². The second kappa shape index (κ2) is 4.66. The third kappa shape index (κ3) is 2.86. The van der Waals surface area contributed by atoms with E-state index in [4.69, 9.17) is 10.5 Å². The topological polar surface area (TPSA) is 81.4 Å². The van der Waals surface area contributed by atoms with E-state index >= 15 is 0 Å². The Hall–Kier alpha value is -0.470. The minimum atomic E-state index is -3.46. The van der Waals surface area contributed by atoms with Crippen LogP contribution in [0.5, 0.6) is 0 Å². The van der Waals surface area contributed by atoms with Gasteiger partial charge >= 0.3 is 0 Å². The molecule has 0 aromatic carbocycles. The van der Waals surface area contributed by atoms with Crippen LogP contribution in [0.3, 0.4) is 0 Å². The Kier molecular flexibility index (Phi) is 3.55. The lowest BCUT2D eigenvalue weighted by atomic mass is 10.0. The molecule has 1 saturated heterocycles. The molecular weight excluding hydrogens is 260 g/mol. The molecule has 0 saturated carbocycles. The van der Waals surface area contributed by atoms with Crippen molar-refractivity contribution >= 4 is 21.4 Å². The van der Waals surface area contributed by atoms with Crippen molar-refractivity contribution in [2.45, 2.75) is 29.6 Å². The van der Waals surface area contributed by atoms with Gasteiger partial charge < -0.3 is 10.5 Å². The van der Waals surface area contributed by atoms with Gasteiger partial charge in [-0.1, -0.05) is 0 Å². The molecule has 3 N–H and O–H groups in total. The normalized spacial score (nSPS) is 25.3. The molecule has 0 radical (unpaired) electrons. The van der Waals surface area contributed by atoms with Crippen molar-refractivity contribution in [3.8, 4) is 0 Å². The number of thiophene rings is 1. The molecule has 1 aliphatic rings. The van der Waals surface area contributed by atoms with Crippen molar-refractivity contribution in [1.29, 1.82) is 0 Å². The van der Waals surface area contributed by atoms with Gasteiger partial charge in [-0.3, -0.25) is 0 Å². The average Bonchev–Trinajstić information content (AvgIpc) is 2.85. The van der Waals surface area contributed by atoms with E-state index in [2.05, 4.69) is 4.72 Å². The lowest BCUT2D eigenvalue weighted by Gasteiger charge is -2.22. The zero-order valence-corrected chi connectivity index (χ0v) is 11.2. The molecular formula is C10H16N2O3S2. The Balaban J connectivity index is 2.18. The van der Waals surface area contributed by atoms with E-state index in [0.29, 0.717) is 30.4 Å². The van der Waals surface area contributed by atoms with Crippen LogP contribution in [0.15, 0.2) is 15.7 Å². The number of sulfonamides is 1. The van der Waals surface area contributed by atoms with Gasteiger partial charge in [-0.05, 0) is 30.4 Å². The van der Waals surface area contributed by atoms with E-state index in [1.807, 2.05) is 6.92 Å². The summed E-state index contributed by atoms with van der Waals surface area (Å²) >= 11 is 1.19. The summed E-state index contributed by atoms with van der Waals surface area (Å²) in [5.74, 6) is 0. The van der Waals surface area contributed by atoms with Crippen molar-refractivity contribution < 1.29 is 13.2 Å². The van der Waals surface area contributed by atoms with Crippen molar-refractivity contribution in [3.63, 3.8) is 0 Å². The molecule has 1 aromatic rings. The summed E-state index contributed by atoms with van der Waals surface area (Å²) in [4.78, 5) is 0. The Morgan fingerprint density at radius 1 is 1.65 bits per heavy atom. The summed E-state index contributed by atoms with van der Waals surface area (Å²) in [6, 6.07) is 1.62. The Morgan fingerprint density at radius 3 is 2.94 bits per heavy atom. The van der Waals surface area contributed by atoms with Gasteiger partial charge in [-0.15, -0.1) is 11.3 Å². The van der Waals surface area contributed by atoms with Gasteiger partial charge in [0, 0.05) is 13.2 Å². The monoisotopic (exact) mass is 276 g/mol. The van der Waals surface area contributed by atoms with E-state index in [0.717, 1.165) is 5.56 Å². The first-order valence-corrected chi connectivity index (χ1v) is 7.71. The predicted molar refractivity (Wildman–Crippen MR) is 66.4 cm³/mol. The molecule has 1 atom stereocenters. The van der Waals surface area contributed by atoms with Crippen LogP contribution in [0.2, 0.25) is 0 Å². The first kappa shape index (κ1) is 13.0. The molecule has 2 heterocycles. The minimum absolute atomic E-state index is 0.311. The fourth-order valence-corrected chi connectivity index (χ4v) is 4.37. The van der Waals surface area contributed by atoms with Gasteiger partial charge in [0.05, 0.1) is 12.1 Å². The van der Waals surface area contributed by atoms with Crippen LogP contribution in [-0.4, -0.2) is 27.2 Å². The predicted octanol–water partition coefficient (Wildman–Crippen LogP) is 0.664. The molecule has 0 aliphatic carbocycles. The number of rotatable bonds is 4. The number of hydrogen-bond donors (Lipinski definition) is 2. The largest absolute Gasteiger partial charge is 0.379 e. The molecule has 0 amide bonds. The summed E-state index contributed by atoms with van der Waals surface area (Å²) in [7, 11) is -3.46. The highest BCUT2D eigenvalue weighted by molar-refractivity contribution is 7.91. The van der Waals surface area contributed by atoms with Crippen LogP contribution in [0.1, 0.15) is 18.9 Å². The van der Waals surface area contributed by atoms with Crippen LogP contribution >= 0.6 is 11.3 Å². The van der Waals surface area contributed by atoms with E-state index in [1.54, 1.807) is 11.4 Å². The second-order valence-corrected chi connectivity index (χ2v) is 7.27. The molecule has 5 nitrogen and oxygen atoms in total. The summed E-state index contributed by atoms with van der Waals surface area (Å²) < 4.78 is 32.5. The molecule has 17 heavy (non-hydrogen) atoms. The summed E-state index contributed by atoms with van der Waals surface area (Å²) in [5, 5.41) is 1.77. The average molecular weight is 276 g/mol. The van der Waals surface area contributed by atoms with Gasteiger partial charge in [0.2, 0.25) is 0 Å². The van der Waals surface area contributed by atoms with Crippen molar-refractivity contribution in [2.75, 3.05) is 13.2 Å². The minimum Gasteiger partial charge on any atom is -0.379 e. The smallest absolute Gasteiger partial charge is 0.250 e. The summed E-state index contributed by atoms with van der Waals surface area (Å²) in [6.45, 7) is 3.22. The molecule has 0 spiro atoms. The van der Waals surface area contributed by atoms with Crippen LogP contribution in [0, 0.1) is 0 Å². The van der Waals surface area contributed by atoms with E-state index in [-0.39, 0.29) is 0 Å². The molecule has 0 bridgehead atoms.